The number of hydrogen-bond acceptors (Lipinski definition) is 2. The maximum atomic E-state index is 12.1. The van der Waals surface area contributed by atoms with Gasteiger partial charge in [0.2, 0.25) is 0 Å². The number of nitrogens with one attached hydrogen (secondary N) is 1. The predicted molar refractivity (Wildman–Crippen MR) is 72.3 cm³/mol. The molecular weight excluding hydrogens is 224 g/mol. The van der Waals surface area contributed by atoms with Crippen LogP contribution in [0.3, 0.4) is 0 Å². The standard InChI is InChI=1S/C15H14N2O/c1-10-7-8-13-12(9-10)15(18)17-14(16-13)11-5-3-2-4-6-11/h2-6,9H,7-8H2,1H3,(H,16,17,18). The quantitative estimate of drug-likeness (QED) is 0.830. The van der Waals surface area contributed by atoms with Crippen LogP contribution in [0.15, 0.2) is 40.7 Å². The molecule has 0 saturated heterocycles. The lowest BCUT2D eigenvalue weighted by molar-refractivity contribution is 0.866. The lowest BCUT2D eigenvalue weighted by atomic mass is 9.98. The van der Waals surface area contributed by atoms with Crippen molar-refractivity contribution in [3.63, 3.8) is 0 Å². The molecule has 0 amide bonds. The summed E-state index contributed by atoms with van der Waals surface area (Å²) in [6, 6.07) is 9.74. The van der Waals surface area contributed by atoms with Crippen molar-refractivity contribution in [3.05, 3.63) is 57.5 Å². The second-order valence-corrected chi connectivity index (χ2v) is 4.63. The van der Waals surface area contributed by atoms with Gasteiger partial charge < -0.3 is 4.98 Å². The Labute approximate surface area is 105 Å². The van der Waals surface area contributed by atoms with E-state index < -0.39 is 0 Å². The second kappa shape index (κ2) is 4.26. The number of hydrogen-bond donors (Lipinski definition) is 1. The number of aromatic nitrogens is 2. The summed E-state index contributed by atoms with van der Waals surface area (Å²) in [7, 11) is 0. The Bertz CT molecular complexity index is 669. The molecule has 0 fully saturated rings. The van der Waals surface area contributed by atoms with Gasteiger partial charge in [-0.25, -0.2) is 4.98 Å². The van der Waals surface area contributed by atoms with E-state index in [4.69, 9.17) is 0 Å². The molecule has 0 aliphatic heterocycles. The van der Waals surface area contributed by atoms with Gasteiger partial charge >= 0.3 is 0 Å². The Morgan fingerprint density at radius 3 is 2.72 bits per heavy atom. The highest BCUT2D eigenvalue weighted by molar-refractivity contribution is 5.60. The maximum Gasteiger partial charge on any atom is 0.258 e. The zero-order chi connectivity index (χ0) is 12.5. The highest BCUT2D eigenvalue weighted by atomic mass is 16.1. The molecule has 0 atom stereocenters. The van der Waals surface area contributed by atoms with Crippen LogP contribution in [0.25, 0.3) is 17.5 Å². The van der Waals surface area contributed by atoms with Gasteiger partial charge in [0, 0.05) is 5.56 Å². The highest BCUT2D eigenvalue weighted by Gasteiger charge is 2.14. The number of aryl methyl sites for hydroxylation is 1. The van der Waals surface area contributed by atoms with Crippen LogP contribution in [0, 0.1) is 0 Å². The number of aromatic amines is 1. The molecule has 0 unspecified atom stereocenters. The van der Waals surface area contributed by atoms with Gasteiger partial charge in [0.25, 0.3) is 5.56 Å². The highest BCUT2D eigenvalue weighted by Crippen LogP contribution is 2.21. The molecular formula is C15H14N2O. The number of fused-ring (bicyclic) bond motifs is 1. The Morgan fingerprint density at radius 2 is 1.94 bits per heavy atom. The molecule has 1 aromatic heterocycles. The number of H-pyrrole nitrogens is 1. The van der Waals surface area contributed by atoms with Crippen LogP contribution in [-0.4, -0.2) is 9.97 Å². The van der Waals surface area contributed by atoms with Gasteiger partial charge in [0.1, 0.15) is 5.82 Å². The summed E-state index contributed by atoms with van der Waals surface area (Å²) in [6.07, 6.45) is 3.78. The summed E-state index contributed by atoms with van der Waals surface area (Å²) in [5.74, 6) is 0.660. The fourth-order valence-electron chi connectivity index (χ4n) is 2.24. The smallest absolute Gasteiger partial charge is 0.258 e. The van der Waals surface area contributed by atoms with E-state index in [0.29, 0.717) is 5.82 Å². The van der Waals surface area contributed by atoms with Crippen LogP contribution < -0.4 is 5.56 Å². The molecule has 1 aliphatic carbocycles. The van der Waals surface area contributed by atoms with Gasteiger partial charge in [-0.05, 0) is 25.8 Å². The SMILES string of the molecule is CC1=Cc2c(nc(-c3ccccc3)[nH]c2=O)CC1. The van der Waals surface area contributed by atoms with E-state index in [1.165, 1.54) is 5.57 Å². The Balaban J connectivity index is 2.17. The molecule has 1 N–H and O–H groups in total. The van der Waals surface area contributed by atoms with Crippen molar-refractivity contribution >= 4 is 6.08 Å². The zero-order valence-electron chi connectivity index (χ0n) is 10.2. The third-order valence-corrected chi connectivity index (χ3v) is 3.23. The summed E-state index contributed by atoms with van der Waals surface area (Å²) < 4.78 is 0. The summed E-state index contributed by atoms with van der Waals surface area (Å²) >= 11 is 0. The van der Waals surface area contributed by atoms with E-state index in [1.54, 1.807) is 0 Å². The second-order valence-electron chi connectivity index (χ2n) is 4.63. The molecule has 1 aliphatic rings. The van der Waals surface area contributed by atoms with E-state index >= 15 is 0 Å². The van der Waals surface area contributed by atoms with E-state index in [9.17, 15) is 4.79 Å². The molecule has 3 nitrogen and oxygen atoms in total. The minimum absolute atomic E-state index is 0.0436. The van der Waals surface area contributed by atoms with Crippen molar-refractivity contribution in [2.75, 3.05) is 0 Å². The van der Waals surface area contributed by atoms with Crippen LogP contribution in [0.2, 0.25) is 0 Å². The fraction of sp³-hybridized carbons (Fsp3) is 0.200. The minimum Gasteiger partial charge on any atom is -0.306 e. The molecule has 0 radical (unpaired) electrons. The fourth-order valence-corrected chi connectivity index (χ4v) is 2.24. The van der Waals surface area contributed by atoms with E-state index in [-0.39, 0.29) is 5.56 Å². The summed E-state index contributed by atoms with van der Waals surface area (Å²) in [6.45, 7) is 2.05. The van der Waals surface area contributed by atoms with Crippen molar-refractivity contribution in [3.8, 4) is 11.4 Å². The van der Waals surface area contributed by atoms with Gasteiger partial charge in [-0.1, -0.05) is 35.9 Å². The third kappa shape index (κ3) is 1.88. The molecule has 0 spiro atoms. The van der Waals surface area contributed by atoms with Crippen molar-refractivity contribution in [2.24, 2.45) is 0 Å². The molecule has 0 bridgehead atoms. The molecule has 3 rings (SSSR count). The van der Waals surface area contributed by atoms with Crippen molar-refractivity contribution < 1.29 is 0 Å². The van der Waals surface area contributed by atoms with Crippen molar-refractivity contribution in [1.29, 1.82) is 0 Å². The van der Waals surface area contributed by atoms with Crippen LogP contribution in [-0.2, 0) is 6.42 Å². The normalized spacial score (nSPS) is 13.9. The molecule has 90 valence electrons. The first-order valence-electron chi connectivity index (χ1n) is 6.10. The van der Waals surface area contributed by atoms with Gasteiger partial charge in [-0.15, -0.1) is 0 Å². The summed E-state index contributed by atoms with van der Waals surface area (Å²) in [5, 5.41) is 0. The number of allylic oxidation sites excluding steroid dienone is 1. The maximum absolute atomic E-state index is 12.1. The first kappa shape index (κ1) is 11.0. The monoisotopic (exact) mass is 238 g/mol. The average molecular weight is 238 g/mol. The van der Waals surface area contributed by atoms with Gasteiger partial charge in [-0.2, -0.15) is 0 Å². The molecule has 2 aromatic rings. The zero-order valence-corrected chi connectivity index (χ0v) is 10.2. The molecule has 0 saturated carbocycles. The first-order valence-corrected chi connectivity index (χ1v) is 6.10. The Morgan fingerprint density at radius 1 is 1.17 bits per heavy atom. The topological polar surface area (TPSA) is 45.8 Å². The van der Waals surface area contributed by atoms with Gasteiger partial charge in [0.05, 0.1) is 11.3 Å². The van der Waals surface area contributed by atoms with E-state index in [2.05, 4.69) is 9.97 Å². The largest absolute Gasteiger partial charge is 0.306 e. The Hall–Kier alpha value is -2.16. The molecule has 1 heterocycles. The third-order valence-electron chi connectivity index (χ3n) is 3.23. The number of benzene rings is 1. The average Bonchev–Trinajstić information content (AvgIpc) is 2.40. The Kier molecular flexibility index (Phi) is 2.59. The van der Waals surface area contributed by atoms with E-state index in [0.717, 1.165) is 29.7 Å². The molecule has 3 heteroatoms. The minimum atomic E-state index is -0.0436. The predicted octanol–water partition coefficient (Wildman–Crippen LogP) is 2.79. The summed E-state index contributed by atoms with van der Waals surface area (Å²) in [4.78, 5) is 19.5. The molecule has 1 aromatic carbocycles. The van der Waals surface area contributed by atoms with Crippen molar-refractivity contribution in [2.45, 2.75) is 19.8 Å². The van der Waals surface area contributed by atoms with Gasteiger partial charge in [0.15, 0.2) is 0 Å². The van der Waals surface area contributed by atoms with Gasteiger partial charge in [-0.3, -0.25) is 4.79 Å². The lowest BCUT2D eigenvalue weighted by Crippen LogP contribution is -2.18. The lowest BCUT2D eigenvalue weighted by Gasteiger charge is -2.13. The van der Waals surface area contributed by atoms with E-state index in [1.807, 2.05) is 43.3 Å². The molecule has 18 heavy (non-hydrogen) atoms. The number of rotatable bonds is 1. The first-order chi connectivity index (χ1) is 8.74. The van der Waals surface area contributed by atoms with Crippen LogP contribution >= 0.6 is 0 Å². The van der Waals surface area contributed by atoms with Crippen molar-refractivity contribution in [1.82, 2.24) is 9.97 Å². The van der Waals surface area contributed by atoms with Crippen LogP contribution in [0.4, 0.5) is 0 Å². The number of nitrogens with zero attached hydrogens (tertiary/aromatic N) is 1. The summed E-state index contributed by atoms with van der Waals surface area (Å²) in [5.41, 5.74) is 3.77. The van der Waals surface area contributed by atoms with Crippen LogP contribution in [0.1, 0.15) is 24.6 Å². The van der Waals surface area contributed by atoms with Crippen LogP contribution in [0.5, 0.6) is 0 Å².